The Morgan fingerprint density at radius 2 is 2.00 bits per heavy atom. The first-order valence-electron chi connectivity index (χ1n) is 6.36. The minimum absolute atomic E-state index is 0.00801. The summed E-state index contributed by atoms with van der Waals surface area (Å²) in [5.41, 5.74) is 3.69. The average molecular weight is 285 g/mol. The number of pyridine rings is 1. The summed E-state index contributed by atoms with van der Waals surface area (Å²) in [6, 6.07) is 11.5. The molecule has 0 bridgehead atoms. The molecule has 0 N–H and O–H groups in total. The van der Waals surface area contributed by atoms with E-state index < -0.39 is 0 Å². The standard InChI is InChI=1S/C16H13ClN2O/c1-11(20)19-10-13-7-9-16(17)18-14(13)8-6-12-4-2-3-5-15(12)19/h2-9H,10H2,1H3/b8-6-. The SMILES string of the molecule is CC(=O)N1Cc2ccc(Cl)nc2/C=C\c2ccccc21. The second kappa shape index (κ2) is 5.10. The van der Waals surface area contributed by atoms with Crippen LogP contribution in [0.2, 0.25) is 5.15 Å². The molecular formula is C16H13ClN2O. The van der Waals surface area contributed by atoms with Crippen LogP contribution < -0.4 is 4.90 Å². The molecule has 0 saturated heterocycles. The molecule has 1 aliphatic heterocycles. The lowest BCUT2D eigenvalue weighted by Gasteiger charge is -2.25. The average Bonchev–Trinajstić information content (AvgIpc) is 2.42. The van der Waals surface area contributed by atoms with Crippen molar-refractivity contribution >= 4 is 35.3 Å². The molecule has 2 heterocycles. The van der Waals surface area contributed by atoms with Crippen molar-refractivity contribution in [3.8, 4) is 0 Å². The Kier molecular flexibility index (Phi) is 3.28. The van der Waals surface area contributed by atoms with Gasteiger partial charge in [0.2, 0.25) is 5.91 Å². The fraction of sp³-hybridized carbons (Fsp3) is 0.125. The van der Waals surface area contributed by atoms with Gasteiger partial charge in [0.05, 0.1) is 17.9 Å². The Balaban J connectivity index is 2.19. The highest BCUT2D eigenvalue weighted by Gasteiger charge is 2.18. The number of amides is 1. The minimum Gasteiger partial charge on any atom is -0.308 e. The molecule has 1 aromatic carbocycles. The van der Waals surface area contributed by atoms with Crippen LogP contribution in [0.3, 0.4) is 0 Å². The highest BCUT2D eigenvalue weighted by molar-refractivity contribution is 6.29. The predicted octanol–water partition coefficient (Wildman–Crippen LogP) is 3.77. The molecule has 0 radical (unpaired) electrons. The number of hydrogen-bond acceptors (Lipinski definition) is 2. The van der Waals surface area contributed by atoms with Crippen LogP contribution in [0.1, 0.15) is 23.7 Å². The van der Waals surface area contributed by atoms with Crippen molar-refractivity contribution in [3.05, 3.63) is 58.4 Å². The summed E-state index contributed by atoms with van der Waals surface area (Å²) in [5, 5.41) is 0.455. The molecule has 1 amide bonds. The Morgan fingerprint density at radius 1 is 1.20 bits per heavy atom. The predicted molar refractivity (Wildman–Crippen MR) is 81.5 cm³/mol. The second-order valence-electron chi connectivity index (χ2n) is 4.68. The van der Waals surface area contributed by atoms with Crippen molar-refractivity contribution in [2.75, 3.05) is 4.90 Å². The fourth-order valence-corrected chi connectivity index (χ4v) is 2.49. The van der Waals surface area contributed by atoms with Crippen LogP contribution in [0.5, 0.6) is 0 Å². The van der Waals surface area contributed by atoms with Gasteiger partial charge in [0, 0.05) is 6.92 Å². The Labute approximate surface area is 122 Å². The van der Waals surface area contributed by atoms with E-state index in [2.05, 4.69) is 4.98 Å². The number of halogens is 1. The summed E-state index contributed by atoms with van der Waals surface area (Å²) in [7, 11) is 0. The van der Waals surface area contributed by atoms with Gasteiger partial charge in [0.25, 0.3) is 0 Å². The molecule has 0 spiro atoms. The summed E-state index contributed by atoms with van der Waals surface area (Å²) in [4.78, 5) is 18.0. The zero-order valence-electron chi connectivity index (χ0n) is 11.0. The monoisotopic (exact) mass is 284 g/mol. The number of carbonyl (C=O) groups excluding carboxylic acids is 1. The minimum atomic E-state index is 0.00801. The molecule has 100 valence electrons. The maximum absolute atomic E-state index is 12.0. The van der Waals surface area contributed by atoms with Crippen molar-refractivity contribution in [1.82, 2.24) is 4.98 Å². The zero-order valence-corrected chi connectivity index (χ0v) is 11.8. The van der Waals surface area contributed by atoms with Crippen LogP contribution >= 0.6 is 11.6 Å². The van der Waals surface area contributed by atoms with E-state index in [-0.39, 0.29) is 5.91 Å². The van der Waals surface area contributed by atoms with Crippen LogP contribution in [0.25, 0.3) is 12.2 Å². The van der Waals surface area contributed by atoms with Gasteiger partial charge >= 0.3 is 0 Å². The maximum Gasteiger partial charge on any atom is 0.224 e. The van der Waals surface area contributed by atoms with Crippen molar-refractivity contribution in [2.24, 2.45) is 0 Å². The highest BCUT2D eigenvalue weighted by Crippen LogP contribution is 2.28. The first kappa shape index (κ1) is 12.9. The van der Waals surface area contributed by atoms with Crippen LogP contribution in [-0.2, 0) is 11.3 Å². The molecule has 3 nitrogen and oxygen atoms in total. The van der Waals surface area contributed by atoms with Crippen molar-refractivity contribution in [3.63, 3.8) is 0 Å². The lowest BCUT2D eigenvalue weighted by Crippen LogP contribution is -2.29. The van der Waals surface area contributed by atoms with Gasteiger partial charge in [0.1, 0.15) is 5.15 Å². The number of para-hydroxylation sites is 1. The molecule has 2 aromatic rings. The first-order valence-corrected chi connectivity index (χ1v) is 6.73. The van der Waals surface area contributed by atoms with Crippen molar-refractivity contribution < 1.29 is 4.79 Å². The smallest absolute Gasteiger partial charge is 0.224 e. The van der Waals surface area contributed by atoms with Gasteiger partial charge in [-0.2, -0.15) is 0 Å². The van der Waals surface area contributed by atoms with E-state index in [1.165, 1.54) is 0 Å². The highest BCUT2D eigenvalue weighted by atomic mass is 35.5. The topological polar surface area (TPSA) is 33.2 Å². The summed E-state index contributed by atoms with van der Waals surface area (Å²) in [5.74, 6) is 0.00801. The van der Waals surface area contributed by atoms with Crippen LogP contribution in [0.4, 0.5) is 5.69 Å². The fourth-order valence-electron chi connectivity index (χ4n) is 2.34. The van der Waals surface area contributed by atoms with E-state index in [9.17, 15) is 4.79 Å². The lowest BCUT2D eigenvalue weighted by molar-refractivity contribution is -0.116. The molecule has 20 heavy (non-hydrogen) atoms. The van der Waals surface area contributed by atoms with Crippen LogP contribution in [0.15, 0.2) is 36.4 Å². The van der Waals surface area contributed by atoms with E-state index in [0.29, 0.717) is 11.7 Å². The van der Waals surface area contributed by atoms with Gasteiger partial charge in [0.15, 0.2) is 0 Å². The van der Waals surface area contributed by atoms with Gasteiger partial charge in [-0.05, 0) is 29.3 Å². The van der Waals surface area contributed by atoms with Gasteiger partial charge in [-0.1, -0.05) is 41.9 Å². The molecule has 1 aliphatic rings. The van der Waals surface area contributed by atoms with Gasteiger partial charge in [-0.3, -0.25) is 4.79 Å². The molecule has 1 aromatic heterocycles. The van der Waals surface area contributed by atoms with E-state index in [4.69, 9.17) is 11.6 Å². The number of benzene rings is 1. The molecule has 0 aliphatic carbocycles. The molecule has 4 heteroatoms. The third-order valence-electron chi connectivity index (χ3n) is 3.34. The molecule has 0 unspecified atom stereocenters. The Morgan fingerprint density at radius 3 is 2.80 bits per heavy atom. The number of nitrogens with zero attached hydrogens (tertiary/aromatic N) is 2. The molecule has 0 fully saturated rings. The Bertz CT molecular complexity index is 709. The largest absolute Gasteiger partial charge is 0.308 e. The van der Waals surface area contributed by atoms with Crippen molar-refractivity contribution in [2.45, 2.75) is 13.5 Å². The lowest BCUT2D eigenvalue weighted by atomic mass is 10.0. The molecule has 3 rings (SSSR count). The molecular weight excluding hydrogens is 272 g/mol. The third kappa shape index (κ3) is 2.32. The summed E-state index contributed by atoms with van der Waals surface area (Å²) in [6.45, 7) is 2.07. The normalized spacial score (nSPS) is 14.8. The van der Waals surface area contributed by atoms with Gasteiger partial charge in [-0.25, -0.2) is 4.98 Å². The Hall–Kier alpha value is -2.13. The number of aromatic nitrogens is 1. The van der Waals surface area contributed by atoms with Gasteiger partial charge < -0.3 is 4.90 Å². The van der Waals surface area contributed by atoms with Crippen LogP contribution in [-0.4, -0.2) is 10.9 Å². The summed E-state index contributed by atoms with van der Waals surface area (Å²) < 4.78 is 0. The maximum atomic E-state index is 12.0. The van der Waals surface area contributed by atoms with Crippen molar-refractivity contribution in [1.29, 1.82) is 0 Å². The van der Waals surface area contributed by atoms with Gasteiger partial charge in [-0.15, -0.1) is 0 Å². The molecule has 0 saturated carbocycles. The molecule has 0 atom stereocenters. The first-order chi connectivity index (χ1) is 9.65. The summed E-state index contributed by atoms with van der Waals surface area (Å²) in [6.07, 6.45) is 3.91. The number of carbonyl (C=O) groups is 1. The van der Waals surface area contributed by atoms with E-state index >= 15 is 0 Å². The van der Waals surface area contributed by atoms with E-state index in [0.717, 1.165) is 22.5 Å². The second-order valence-corrected chi connectivity index (χ2v) is 5.06. The third-order valence-corrected chi connectivity index (χ3v) is 3.55. The van der Waals surface area contributed by atoms with E-state index in [1.54, 1.807) is 17.9 Å². The number of hydrogen-bond donors (Lipinski definition) is 0. The van der Waals surface area contributed by atoms with Crippen LogP contribution in [0, 0.1) is 0 Å². The number of anilines is 1. The zero-order chi connectivity index (χ0) is 14.1. The summed E-state index contributed by atoms with van der Waals surface area (Å²) >= 11 is 5.94. The quantitative estimate of drug-likeness (QED) is 0.690. The number of fused-ring (bicyclic) bond motifs is 2. The number of rotatable bonds is 0. The van der Waals surface area contributed by atoms with E-state index in [1.807, 2.05) is 42.5 Å².